The lowest BCUT2D eigenvalue weighted by Gasteiger charge is -2.34. The van der Waals surface area contributed by atoms with Crippen LogP contribution in [0.1, 0.15) is 26.2 Å². The number of halogens is 1. The molecule has 1 saturated heterocycles. The fraction of sp³-hybridized carbons (Fsp3) is 0.533. The van der Waals surface area contributed by atoms with E-state index in [9.17, 15) is 13.2 Å². The van der Waals surface area contributed by atoms with E-state index in [1.54, 1.807) is 36.1 Å². The highest BCUT2D eigenvalue weighted by molar-refractivity contribution is 7.92. The Morgan fingerprint density at radius 3 is 2.23 bits per heavy atom. The molecule has 0 aliphatic carbocycles. The Bertz CT molecular complexity index is 625. The van der Waals surface area contributed by atoms with Crippen LogP contribution in [0.4, 0.5) is 5.69 Å². The van der Waals surface area contributed by atoms with Crippen molar-refractivity contribution >= 4 is 33.2 Å². The number of anilines is 1. The van der Waals surface area contributed by atoms with Crippen LogP contribution in [0.25, 0.3) is 0 Å². The number of hydrogen-bond donors (Lipinski definition) is 0. The van der Waals surface area contributed by atoms with Gasteiger partial charge >= 0.3 is 0 Å². The van der Waals surface area contributed by atoms with E-state index in [1.807, 2.05) is 0 Å². The van der Waals surface area contributed by atoms with Crippen LogP contribution in [0.3, 0.4) is 0 Å². The molecule has 0 saturated carbocycles. The first-order chi connectivity index (χ1) is 10.3. The molecule has 0 N–H and O–H groups in total. The second-order valence-electron chi connectivity index (χ2n) is 5.60. The summed E-state index contributed by atoms with van der Waals surface area (Å²) in [6, 6.07) is 5.70. The zero-order chi connectivity index (χ0) is 16.3. The van der Waals surface area contributed by atoms with Crippen LogP contribution >= 0.6 is 11.6 Å². The number of likely N-dealkylation sites (tertiary alicyclic amines) is 1. The smallest absolute Gasteiger partial charge is 0.246 e. The molecular weight excluding hydrogens is 324 g/mol. The van der Waals surface area contributed by atoms with Crippen molar-refractivity contribution in [3.8, 4) is 0 Å². The van der Waals surface area contributed by atoms with Crippen LogP contribution in [0.2, 0.25) is 5.02 Å². The summed E-state index contributed by atoms with van der Waals surface area (Å²) in [4.78, 5) is 14.4. The third kappa shape index (κ3) is 3.93. The van der Waals surface area contributed by atoms with Crippen molar-refractivity contribution in [3.63, 3.8) is 0 Å². The van der Waals surface area contributed by atoms with E-state index in [1.165, 1.54) is 4.31 Å². The molecule has 1 atom stereocenters. The number of hydrogen-bond acceptors (Lipinski definition) is 3. The molecule has 0 radical (unpaired) electrons. The van der Waals surface area contributed by atoms with Gasteiger partial charge in [0.1, 0.15) is 6.04 Å². The van der Waals surface area contributed by atoms with Gasteiger partial charge in [0.05, 0.1) is 11.9 Å². The largest absolute Gasteiger partial charge is 0.341 e. The van der Waals surface area contributed by atoms with E-state index in [0.717, 1.165) is 25.5 Å². The summed E-state index contributed by atoms with van der Waals surface area (Å²) in [5, 5.41) is 0.521. The molecule has 1 fully saturated rings. The van der Waals surface area contributed by atoms with Gasteiger partial charge in [0.15, 0.2) is 0 Å². The van der Waals surface area contributed by atoms with E-state index in [4.69, 9.17) is 11.6 Å². The van der Waals surface area contributed by atoms with Gasteiger partial charge < -0.3 is 4.90 Å². The van der Waals surface area contributed by atoms with Crippen molar-refractivity contribution in [2.24, 2.45) is 0 Å². The lowest BCUT2D eigenvalue weighted by Crippen LogP contribution is -2.50. The maximum Gasteiger partial charge on any atom is 0.246 e. The highest BCUT2D eigenvalue weighted by Gasteiger charge is 2.32. The van der Waals surface area contributed by atoms with Gasteiger partial charge in [0.25, 0.3) is 0 Å². The Morgan fingerprint density at radius 2 is 1.73 bits per heavy atom. The number of carbonyl (C=O) groups is 1. The highest BCUT2D eigenvalue weighted by atomic mass is 35.5. The average molecular weight is 345 g/mol. The number of piperidine rings is 1. The summed E-state index contributed by atoms with van der Waals surface area (Å²) in [5.74, 6) is -0.153. The molecule has 122 valence electrons. The minimum absolute atomic E-state index is 0.153. The lowest BCUT2D eigenvalue weighted by atomic mass is 10.1. The second-order valence-corrected chi connectivity index (χ2v) is 7.89. The second kappa shape index (κ2) is 6.87. The Balaban J connectivity index is 2.29. The molecule has 1 aromatic carbocycles. The van der Waals surface area contributed by atoms with E-state index < -0.39 is 16.1 Å². The first-order valence-electron chi connectivity index (χ1n) is 7.34. The fourth-order valence-electron chi connectivity index (χ4n) is 2.77. The predicted octanol–water partition coefficient (Wildman–Crippen LogP) is 2.51. The lowest BCUT2D eigenvalue weighted by molar-refractivity contribution is -0.132. The van der Waals surface area contributed by atoms with Crippen molar-refractivity contribution in [2.45, 2.75) is 32.2 Å². The van der Waals surface area contributed by atoms with Gasteiger partial charge in [-0.25, -0.2) is 8.42 Å². The predicted molar refractivity (Wildman–Crippen MR) is 88.7 cm³/mol. The maximum atomic E-state index is 12.6. The molecule has 1 aliphatic rings. The minimum atomic E-state index is -3.57. The topological polar surface area (TPSA) is 57.7 Å². The third-order valence-electron chi connectivity index (χ3n) is 3.82. The van der Waals surface area contributed by atoms with E-state index in [-0.39, 0.29) is 5.91 Å². The van der Waals surface area contributed by atoms with Crippen LogP contribution in [0.5, 0.6) is 0 Å². The van der Waals surface area contributed by atoms with Gasteiger partial charge in [-0.1, -0.05) is 11.6 Å². The van der Waals surface area contributed by atoms with Crippen molar-refractivity contribution < 1.29 is 13.2 Å². The molecule has 22 heavy (non-hydrogen) atoms. The van der Waals surface area contributed by atoms with Crippen molar-refractivity contribution in [1.82, 2.24) is 4.90 Å². The normalized spacial score (nSPS) is 17.1. The molecule has 2 rings (SSSR count). The zero-order valence-corrected chi connectivity index (χ0v) is 14.4. The molecule has 0 aromatic heterocycles. The maximum absolute atomic E-state index is 12.6. The molecular formula is C15H21ClN2O3S. The number of amides is 1. The molecule has 0 unspecified atom stereocenters. The zero-order valence-electron chi connectivity index (χ0n) is 12.8. The average Bonchev–Trinajstić information content (AvgIpc) is 2.48. The summed E-state index contributed by atoms with van der Waals surface area (Å²) in [5.41, 5.74) is 0.449. The quantitative estimate of drug-likeness (QED) is 0.843. The molecule has 1 heterocycles. The van der Waals surface area contributed by atoms with Gasteiger partial charge in [-0.3, -0.25) is 9.10 Å². The summed E-state index contributed by atoms with van der Waals surface area (Å²) < 4.78 is 25.5. The Morgan fingerprint density at radius 1 is 1.18 bits per heavy atom. The Kier molecular flexibility index (Phi) is 5.34. The molecule has 0 spiro atoms. The van der Waals surface area contributed by atoms with Crippen molar-refractivity contribution in [1.29, 1.82) is 0 Å². The third-order valence-corrected chi connectivity index (χ3v) is 5.31. The van der Waals surface area contributed by atoms with Crippen molar-refractivity contribution in [2.75, 3.05) is 23.7 Å². The van der Waals surface area contributed by atoms with Crippen LogP contribution in [0.15, 0.2) is 24.3 Å². The first-order valence-corrected chi connectivity index (χ1v) is 9.57. The van der Waals surface area contributed by atoms with E-state index in [0.29, 0.717) is 23.8 Å². The number of rotatable bonds is 4. The van der Waals surface area contributed by atoms with Gasteiger partial charge in [-0.15, -0.1) is 0 Å². The number of sulfonamides is 1. The summed E-state index contributed by atoms with van der Waals surface area (Å²) in [7, 11) is -3.57. The SMILES string of the molecule is C[C@@H](C(=O)N1CCCCC1)N(c1ccc(Cl)cc1)S(C)(=O)=O. The van der Waals surface area contributed by atoms with Crippen molar-refractivity contribution in [3.05, 3.63) is 29.3 Å². The van der Waals surface area contributed by atoms with Gasteiger partial charge in [0.2, 0.25) is 15.9 Å². The molecule has 1 aliphatic heterocycles. The summed E-state index contributed by atoms with van der Waals surface area (Å²) >= 11 is 5.85. The van der Waals surface area contributed by atoms with E-state index >= 15 is 0 Å². The van der Waals surface area contributed by atoms with Gasteiger partial charge in [0, 0.05) is 18.1 Å². The van der Waals surface area contributed by atoms with Gasteiger partial charge in [-0.2, -0.15) is 0 Å². The van der Waals surface area contributed by atoms with Crippen LogP contribution in [-0.2, 0) is 14.8 Å². The van der Waals surface area contributed by atoms with Gasteiger partial charge in [-0.05, 0) is 50.5 Å². The summed E-state index contributed by atoms with van der Waals surface area (Å²) in [6.45, 7) is 3.02. The molecule has 5 nitrogen and oxygen atoms in total. The Hall–Kier alpha value is -1.27. The van der Waals surface area contributed by atoms with Crippen LogP contribution in [0, 0.1) is 0 Å². The molecule has 1 amide bonds. The summed E-state index contributed by atoms with van der Waals surface area (Å²) in [6.07, 6.45) is 4.17. The van der Waals surface area contributed by atoms with Crippen LogP contribution < -0.4 is 4.31 Å². The number of nitrogens with zero attached hydrogens (tertiary/aromatic N) is 2. The Labute approximate surface area is 136 Å². The standard InChI is InChI=1S/C15H21ClN2O3S/c1-12(15(19)17-10-4-3-5-11-17)18(22(2,20)21)14-8-6-13(16)7-9-14/h6-9,12H,3-5,10-11H2,1-2H3/t12-/m0/s1. The molecule has 0 bridgehead atoms. The number of carbonyl (C=O) groups excluding carboxylic acids is 1. The first kappa shape index (κ1) is 17.1. The van der Waals surface area contributed by atoms with E-state index in [2.05, 4.69) is 0 Å². The van der Waals surface area contributed by atoms with Crippen LogP contribution in [-0.4, -0.2) is 44.6 Å². The molecule has 1 aromatic rings. The minimum Gasteiger partial charge on any atom is -0.341 e. The highest BCUT2D eigenvalue weighted by Crippen LogP contribution is 2.24. The number of benzene rings is 1. The molecule has 7 heteroatoms. The monoisotopic (exact) mass is 344 g/mol. The fourth-order valence-corrected chi connectivity index (χ4v) is 4.06.